The Kier molecular flexibility index (Phi) is 5.33. The van der Waals surface area contributed by atoms with E-state index in [0.717, 1.165) is 11.6 Å². The van der Waals surface area contributed by atoms with Crippen LogP contribution in [0.25, 0.3) is 0 Å². The summed E-state index contributed by atoms with van der Waals surface area (Å²) in [7, 11) is 0. The predicted octanol–water partition coefficient (Wildman–Crippen LogP) is 2.13. The highest BCUT2D eigenvalue weighted by Crippen LogP contribution is 2.31. The van der Waals surface area contributed by atoms with E-state index >= 15 is 0 Å². The lowest BCUT2D eigenvalue weighted by molar-refractivity contribution is 0.0737. The van der Waals surface area contributed by atoms with E-state index in [-0.39, 0.29) is 12.0 Å². The molecule has 0 N–H and O–H groups in total. The van der Waals surface area contributed by atoms with Gasteiger partial charge in [-0.15, -0.1) is 5.10 Å². The second-order valence-corrected chi connectivity index (χ2v) is 7.87. The number of piperazine rings is 1. The highest BCUT2D eigenvalue weighted by atomic mass is 35.5. The molecule has 0 spiro atoms. The molecule has 2 aromatic heterocycles. The third-order valence-corrected chi connectivity index (χ3v) is 5.54. The SMILES string of the molecule is O=C(c1cn(C[C@@H]2COc3ccccc3O2)nn1)N1CCN(c2ccc(Cl)cn2)CC1. The lowest BCUT2D eigenvalue weighted by atomic mass is 10.2. The summed E-state index contributed by atoms with van der Waals surface area (Å²) in [5.41, 5.74) is 0.329. The highest BCUT2D eigenvalue weighted by molar-refractivity contribution is 6.30. The molecule has 1 amide bonds. The smallest absolute Gasteiger partial charge is 0.276 e. The molecule has 10 heteroatoms. The number of amides is 1. The number of nitrogens with zero attached hydrogens (tertiary/aromatic N) is 6. The molecular formula is C21H21ClN6O3. The molecule has 1 saturated heterocycles. The first kappa shape index (κ1) is 19.6. The number of carbonyl (C=O) groups excluding carboxylic acids is 1. The van der Waals surface area contributed by atoms with E-state index in [1.165, 1.54) is 0 Å². The number of pyridine rings is 1. The van der Waals surface area contributed by atoms with E-state index in [4.69, 9.17) is 21.1 Å². The number of rotatable bonds is 4. The van der Waals surface area contributed by atoms with Crippen LogP contribution in [0.5, 0.6) is 11.5 Å². The van der Waals surface area contributed by atoms with Crippen molar-refractivity contribution in [2.75, 3.05) is 37.7 Å². The molecule has 5 rings (SSSR count). The minimum Gasteiger partial charge on any atom is -0.486 e. The Morgan fingerprint density at radius 3 is 2.68 bits per heavy atom. The lowest BCUT2D eigenvalue weighted by Crippen LogP contribution is -2.49. The molecule has 1 fully saturated rings. The normalized spacial score (nSPS) is 18.2. The number of para-hydroxylation sites is 2. The van der Waals surface area contributed by atoms with Crippen molar-refractivity contribution in [3.05, 3.63) is 59.5 Å². The summed E-state index contributed by atoms with van der Waals surface area (Å²) in [6, 6.07) is 11.3. The average molecular weight is 441 g/mol. The molecule has 1 aromatic carbocycles. The van der Waals surface area contributed by atoms with Crippen LogP contribution in [-0.2, 0) is 6.54 Å². The lowest BCUT2D eigenvalue weighted by Gasteiger charge is -2.35. The summed E-state index contributed by atoms with van der Waals surface area (Å²) in [6.07, 6.45) is 3.10. The summed E-state index contributed by atoms with van der Waals surface area (Å²) < 4.78 is 13.3. The molecule has 31 heavy (non-hydrogen) atoms. The zero-order valence-corrected chi connectivity index (χ0v) is 17.5. The largest absolute Gasteiger partial charge is 0.486 e. The van der Waals surface area contributed by atoms with E-state index in [2.05, 4.69) is 20.2 Å². The Balaban J connectivity index is 1.17. The van der Waals surface area contributed by atoms with E-state index in [9.17, 15) is 4.79 Å². The minimum atomic E-state index is -0.199. The number of benzene rings is 1. The third-order valence-electron chi connectivity index (χ3n) is 5.32. The molecule has 160 valence electrons. The maximum absolute atomic E-state index is 12.9. The van der Waals surface area contributed by atoms with Gasteiger partial charge in [0.2, 0.25) is 0 Å². The van der Waals surface area contributed by atoms with Crippen LogP contribution in [0.2, 0.25) is 5.02 Å². The number of halogens is 1. The Bertz CT molecular complexity index is 1060. The van der Waals surface area contributed by atoms with Crippen LogP contribution in [0.4, 0.5) is 5.82 Å². The number of fused-ring (bicyclic) bond motifs is 1. The molecule has 0 saturated carbocycles. The monoisotopic (exact) mass is 440 g/mol. The molecule has 2 aliphatic heterocycles. The van der Waals surface area contributed by atoms with E-state index in [1.54, 1.807) is 22.0 Å². The number of ether oxygens (including phenoxy) is 2. The standard InChI is InChI=1S/C21H21ClN6O3/c22-15-5-6-20(23-11-15)26-7-9-27(10-8-26)21(29)17-13-28(25-24-17)12-16-14-30-18-3-1-2-4-19(18)31-16/h1-6,11,13,16H,7-10,12,14H2/t16-/m1/s1. The molecule has 9 nitrogen and oxygen atoms in total. The summed E-state index contributed by atoms with van der Waals surface area (Å²) >= 11 is 5.91. The molecule has 0 radical (unpaired) electrons. The summed E-state index contributed by atoms with van der Waals surface area (Å²) in [5, 5.41) is 8.78. The van der Waals surface area contributed by atoms with Crippen LogP contribution in [-0.4, -0.2) is 69.7 Å². The third kappa shape index (κ3) is 4.27. The fourth-order valence-electron chi connectivity index (χ4n) is 3.70. The van der Waals surface area contributed by atoms with E-state index < -0.39 is 0 Å². The number of hydrogen-bond donors (Lipinski definition) is 0. The van der Waals surface area contributed by atoms with Crippen LogP contribution in [0, 0.1) is 0 Å². The van der Waals surface area contributed by atoms with Gasteiger partial charge in [0, 0.05) is 32.4 Å². The zero-order valence-electron chi connectivity index (χ0n) is 16.7. The second-order valence-electron chi connectivity index (χ2n) is 7.44. The maximum Gasteiger partial charge on any atom is 0.276 e. The topological polar surface area (TPSA) is 85.6 Å². The molecule has 2 aliphatic rings. The van der Waals surface area contributed by atoms with Crippen molar-refractivity contribution in [3.8, 4) is 11.5 Å². The maximum atomic E-state index is 12.9. The molecule has 4 heterocycles. The van der Waals surface area contributed by atoms with Crippen LogP contribution in [0.15, 0.2) is 48.8 Å². The number of hydrogen-bond acceptors (Lipinski definition) is 7. The minimum absolute atomic E-state index is 0.124. The summed E-state index contributed by atoms with van der Waals surface area (Å²) in [6.45, 7) is 3.44. The molecule has 0 unspecified atom stereocenters. The van der Waals surface area contributed by atoms with Crippen LogP contribution in [0.1, 0.15) is 10.5 Å². The Labute approximate surface area is 184 Å². The van der Waals surface area contributed by atoms with Gasteiger partial charge in [0.25, 0.3) is 5.91 Å². The molecule has 3 aromatic rings. The fraction of sp³-hybridized carbons (Fsp3) is 0.333. The molecule has 0 bridgehead atoms. The fourth-order valence-corrected chi connectivity index (χ4v) is 3.81. The van der Waals surface area contributed by atoms with Gasteiger partial charge in [-0.05, 0) is 24.3 Å². The van der Waals surface area contributed by atoms with Crippen molar-refractivity contribution in [2.45, 2.75) is 12.6 Å². The van der Waals surface area contributed by atoms with Gasteiger partial charge in [0.15, 0.2) is 23.3 Å². The van der Waals surface area contributed by atoms with Crippen molar-refractivity contribution in [1.29, 1.82) is 0 Å². The van der Waals surface area contributed by atoms with Gasteiger partial charge in [0.1, 0.15) is 12.4 Å². The van der Waals surface area contributed by atoms with Gasteiger partial charge in [0.05, 0.1) is 17.8 Å². The van der Waals surface area contributed by atoms with Crippen molar-refractivity contribution in [3.63, 3.8) is 0 Å². The molecular weight excluding hydrogens is 420 g/mol. The quantitative estimate of drug-likeness (QED) is 0.614. The van der Waals surface area contributed by atoms with Gasteiger partial charge in [-0.2, -0.15) is 0 Å². The molecule has 1 atom stereocenters. The predicted molar refractivity (Wildman–Crippen MR) is 114 cm³/mol. The van der Waals surface area contributed by atoms with Gasteiger partial charge >= 0.3 is 0 Å². The summed E-state index contributed by atoms with van der Waals surface area (Å²) in [4.78, 5) is 21.1. The van der Waals surface area contributed by atoms with Crippen molar-refractivity contribution in [2.24, 2.45) is 0 Å². The van der Waals surface area contributed by atoms with Crippen molar-refractivity contribution >= 4 is 23.3 Å². The number of anilines is 1. The highest BCUT2D eigenvalue weighted by Gasteiger charge is 2.26. The Hall–Kier alpha value is -3.33. The summed E-state index contributed by atoms with van der Waals surface area (Å²) in [5.74, 6) is 2.18. The van der Waals surface area contributed by atoms with Gasteiger partial charge in [-0.25, -0.2) is 9.67 Å². The number of aromatic nitrogens is 4. The van der Waals surface area contributed by atoms with Gasteiger partial charge in [-0.3, -0.25) is 4.79 Å². The van der Waals surface area contributed by atoms with Crippen molar-refractivity contribution < 1.29 is 14.3 Å². The van der Waals surface area contributed by atoms with E-state index in [0.29, 0.717) is 55.8 Å². The second kappa shape index (κ2) is 8.43. The van der Waals surface area contributed by atoms with Crippen LogP contribution >= 0.6 is 11.6 Å². The first-order valence-corrected chi connectivity index (χ1v) is 10.5. The zero-order chi connectivity index (χ0) is 21.2. The first-order chi connectivity index (χ1) is 15.2. The Morgan fingerprint density at radius 1 is 1.10 bits per heavy atom. The molecule has 0 aliphatic carbocycles. The van der Waals surface area contributed by atoms with E-state index in [1.807, 2.05) is 36.4 Å². The van der Waals surface area contributed by atoms with Crippen LogP contribution in [0.3, 0.4) is 0 Å². The van der Waals surface area contributed by atoms with Crippen LogP contribution < -0.4 is 14.4 Å². The average Bonchev–Trinajstić information content (AvgIpc) is 3.27. The van der Waals surface area contributed by atoms with Crippen molar-refractivity contribution in [1.82, 2.24) is 24.9 Å². The number of carbonyl (C=O) groups is 1. The Morgan fingerprint density at radius 2 is 1.90 bits per heavy atom. The van der Waals surface area contributed by atoms with Gasteiger partial charge < -0.3 is 19.3 Å². The van der Waals surface area contributed by atoms with Gasteiger partial charge in [-0.1, -0.05) is 28.9 Å². The first-order valence-electron chi connectivity index (χ1n) is 10.1.